The van der Waals surface area contributed by atoms with Crippen molar-refractivity contribution in [3.05, 3.63) is 42.5 Å². The van der Waals surface area contributed by atoms with Crippen molar-refractivity contribution in [2.24, 2.45) is 0 Å². The van der Waals surface area contributed by atoms with Crippen molar-refractivity contribution in [3.8, 4) is 5.75 Å². The summed E-state index contributed by atoms with van der Waals surface area (Å²) in [6.07, 6.45) is 2.87. The van der Waals surface area contributed by atoms with Crippen LogP contribution in [0.4, 0.5) is 39.3 Å². The van der Waals surface area contributed by atoms with Gasteiger partial charge in [0.25, 0.3) is 5.91 Å². The number of hydrogen-bond acceptors (Lipinski definition) is 10. The zero-order valence-corrected chi connectivity index (χ0v) is 20.4. The standard InChI is InChI=1S/C24H27FN8O3/c1-13-12-35-14(2)11-33(13)19-8-5-15(9-26-19)28-23-27-10-16(25)20(32-23)29-18-7-6-17-21(30-18)31-22(34)24(3,4)36-17/h5-10,13-14H,11-12H2,1-4H3,(H3,27,28,29,30,31,32,34)/t13-,14-/m0/s1. The highest BCUT2D eigenvalue weighted by molar-refractivity contribution is 5.99. The van der Waals surface area contributed by atoms with E-state index >= 15 is 0 Å². The third-order valence-electron chi connectivity index (χ3n) is 5.90. The zero-order valence-electron chi connectivity index (χ0n) is 20.4. The molecule has 1 saturated heterocycles. The largest absolute Gasteiger partial charge is 0.474 e. The molecule has 12 heteroatoms. The molecule has 0 saturated carbocycles. The number of fused-ring (bicyclic) bond motifs is 1. The average Bonchev–Trinajstić information content (AvgIpc) is 2.84. The first-order valence-electron chi connectivity index (χ1n) is 11.6. The lowest BCUT2D eigenvalue weighted by molar-refractivity contribution is -0.129. The molecule has 0 spiro atoms. The summed E-state index contributed by atoms with van der Waals surface area (Å²) in [5.74, 6) is 0.910. The minimum Gasteiger partial charge on any atom is -0.474 e. The third kappa shape index (κ3) is 4.85. The second-order valence-corrected chi connectivity index (χ2v) is 9.30. The van der Waals surface area contributed by atoms with Gasteiger partial charge in [0, 0.05) is 6.54 Å². The molecule has 3 aromatic heterocycles. The first-order chi connectivity index (χ1) is 17.2. The summed E-state index contributed by atoms with van der Waals surface area (Å²) in [6, 6.07) is 7.26. The van der Waals surface area contributed by atoms with Crippen LogP contribution in [0.2, 0.25) is 0 Å². The Bertz CT molecular complexity index is 1290. The Morgan fingerprint density at radius 2 is 1.94 bits per heavy atom. The van der Waals surface area contributed by atoms with Gasteiger partial charge in [0.15, 0.2) is 28.8 Å². The molecule has 2 aliphatic heterocycles. The number of morpholine rings is 1. The van der Waals surface area contributed by atoms with Gasteiger partial charge in [-0.05, 0) is 52.0 Å². The molecule has 188 valence electrons. The van der Waals surface area contributed by atoms with E-state index in [0.29, 0.717) is 18.0 Å². The maximum Gasteiger partial charge on any atom is 0.269 e. The number of ether oxygens (including phenoxy) is 2. The molecule has 0 aromatic carbocycles. The molecule has 2 atom stereocenters. The molecule has 0 radical (unpaired) electrons. The molecule has 36 heavy (non-hydrogen) atoms. The molecule has 1 fully saturated rings. The van der Waals surface area contributed by atoms with Gasteiger partial charge in [-0.1, -0.05) is 0 Å². The van der Waals surface area contributed by atoms with E-state index in [1.807, 2.05) is 19.1 Å². The van der Waals surface area contributed by atoms with E-state index < -0.39 is 11.4 Å². The second kappa shape index (κ2) is 9.19. The second-order valence-electron chi connectivity index (χ2n) is 9.30. The lowest BCUT2D eigenvalue weighted by atomic mass is 10.1. The molecule has 5 heterocycles. The number of nitrogens with one attached hydrogen (secondary N) is 3. The first-order valence-corrected chi connectivity index (χ1v) is 11.6. The van der Waals surface area contributed by atoms with Gasteiger partial charge >= 0.3 is 0 Å². The van der Waals surface area contributed by atoms with Crippen LogP contribution in [-0.2, 0) is 9.53 Å². The van der Waals surface area contributed by atoms with Crippen molar-refractivity contribution in [2.45, 2.75) is 45.4 Å². The van der Waals surface area contributed by atoms with Crippen LogP contribution in [0.15, 0.2) is 36.7 Å². The molecule has 2 aliphatic rings. The van der Waals surface area contributed by atoms with Gasteiger partial charge in [-0.3, -0.25) is 4.79 Å². The number of carbonyl (C=O) groups excluding carboxylic acids is 1. The van der Waals surface area contributed by atoms with E-state index in [4.69, 9.17) is 9.47 Å². The molecule has 0 aliphatic carbocycles. The number of hydrogen-bond donors (Lipinski definition) is 3. The fourth-order valence-electron chi connectivity index (χ4n) is 3.88. The number of anilines is 6. The Morgan fingerprint density at radius 3 is 2.72 bits per heavy atom. The molecule has 11 nitrogen and oxygen atoms in total. The number of carbonyl (C=O) groups is 1. The zero-order chi connectivity index (χ0) is 25.4. The summed E-state index contributed by atoms with van der Waals surface area (Å²) in [7, 11) is 0. The van der Waals surface area contributed by atoms with Gasteiger partial charge in [-0.25, -0.2) is 19.3 Å². The lowest BCUT2D eigenvalue weighted by Crippen LogP contribution is -2.47. The first kappa shape index (κ1) is 23.7. The smallest absolute Gasteiger partial charge is 0.269 e. The van der Waals surface area contributed by atoms with Crippen LogP contribution < -0.4 is 25.6 Å². The van der Waals surface area contributed by atoms with Gasteiger partial charge in [-0.2, -0.15) is 4.98 Å². The molecule has 0 unspecified atom stereocenters. The Labute approximate surface area is 207 Å². The highest BCUT2D eigenvalue weighted by atomic mass is 19.1. The normalized spacial score (nSPS) is 20.7. The van der Waals surface area contributed by atoms with Crippen molar-refractivity contribution < 1.29 is 18.7 Å². The van der Waals surface area contributed by atoms with Crippen LogP contribution in [0.25, 0.3) is 0 Å². The summed E-state index contributed by atoms with van der Waals surface area (Å²) in [5, 5.41) is 8.56. The van der Waals surface area contributed by atoms with Crippen LogP contribution in [0.5, 0.6) is 5.75 Å². The summed E-state index contributed by atoms with van der Waals surface area (Å²) >= 11 is 0. The number of aromatic nitrogens is 4. The van der Waals surface area contributed by atoms with Crippen molar-refractivity contribution in [1.29, 1.82) is 0 Å². The van der Waals surface area contributed by atoms with Crippen LogP contribution >= 0.6 is 0 Å². The Kier molecular flexibility index (Phi) is 6.04. The summed E-state index contributed by atoms with van der Waals surface area (Å²) < 4.78 is 25.8. The Hall–Kier alpha value is -4.06. The van der Waals surface area contributed by atoms with E-state index in [1.54, 1.807) is 32.2 Å². The van der Waals surface area contributed by atoms with E-state index in [9.17, 15) is 9.18 Å². The quantitative estimate of drug-likeness (QED) is 0.484. The third-order valence-corrected chi connectivity index (χ3v) is 5.90. The van der Waals surface area contributed by atoms with Crippen LogP contribution in [0.1, 0.15) is 27.7 Å². The van der Waals surface area contributed by atoms with E-state index in [2.05, 4.69) is 47.7 Å². The van der Waals surface area contributed by atoms with Gasteiger partial charge < -0.3 is 30.3 Å². The average molecular weight is 495 g/mol. The van der Waals surface area contributed by atoms with Gasteiger partial charge in [0.1, 0.15) is 11.6 Å². The highest BCUT2D eigenvalue weighted by Crippen LogP contribution is 2.33. The molecular weight excluding hydrogens is 467 g/mol. The molecule has 5 rings (SSSR count). The number of pyridine rings is 2. The molecule has 3 aromatic rings. The van der Waals surface area contributed by atoms with Gasteiger partial charge in [-0.15, -0.1) is 0 Å². The number of rotatable bonds is 5. The highest BCUT2D eigenvalue weighted by Gasteiger charge is 2.36. The van der Waals surface area contributed by atoms with Crippen LogP contribution in [-0.4, -0.2) is 56.7 Å². The minimum atomic E-state index is -1.01. The van der Waals surface area contributed by atoms with E-state index in [1.165, 1.54) is 0 Å². The summed E-state index contributed by atoms with van der Waals surface area (Å²) in [4.78, 5) is 31.5. The molecule has 0 bridgehead atoms. The molecular formula is C24H27FN8O3. The van der Waals surface area contributed by atoms with Crippen LogP contribution in [0, 0.1) is 5.82 Å². The minimum absolute atomic E-state index is 0.0796. The predicted octanol–water partition coefficient (Wildman–Crippen LogP) is 3.62. The topological polar surface area (TPSA) is 126 Å². The monoisotopic (exact) mass is 494 g/mol. The fourth-order valence-corrected chi connectivity index (χ4v) is 3.88. The number of nitrogens with zero attached hydrogens (tertiary/aromatic N) is 5. The number of halogens is 1. The van der Waals surface area contributed by atoms with E-state index in [0.717, 1.165) is 18.6 Å². The number of amides is 1. The molecule has 1 amide bonds. The summed E-state index contributed by atoms with van der Waals surface area (Å²) in [5.41, 5.74) is -0.353. The Balaban J connectivity index is 1.29. The SMILES string of the molecule is C[C@H]1CN(c2ccc(Nc3ncc(F)c(Nc4ccc5c(n4)NC(=O)C(C)(C)O5)n3)cn2)[C@@H](C)CO1. The Morgan fingerprint density at radius 1 is 1.11 bits per heavy atom. The van der Waals surface area contributed by atoms with Crippen molar-refractivity contribution >= 4 is 40.8 Å². The maximum absolute atomic E-state index is 14.5. The summed E-state index contributed by atoms with van der Waals surface area (Å²) in [6.45, 7) is 8.87. The van der Waals surface area contributed by atoms with Crippen molar-refractivity contribution in [2.75, 3.05) is 34.0 Å². The van der Waals surface area contributed by atoms with Gasteiger partial charge in [0.05, 0.1) is 36.8 Å². The van der Waals surface area contributed by atoms with Crippen molar-refractivity contribution in [3.63, 3.8) is 0 Å². The van der Waals surface area contributed by atoms with E-state index in [-0.39, 0.29) is 41.5 Å². The van der Waals surface area contributed by atoms with Crippen LogP contribution in [0.3, 0.4) is 0 Å². The lowest BCUT2D eigenvalue weighted by Gasteiger charge is -2.37. The van der Waals surface area contributed by atoms with Crippen molar-refractivity contribution in [1.82, 2.24) is 19.9 Å². The maximum atomic E-state index is 14.5. The fraction of sp³-hybridized carbons (Fsp3) is 0.375. The predicted molar refractivity (Wildman–Crippen MR) is 133 cm³/mol. The molecule has 3 N–H and O–H groups in total. The van der Waals surface area contributed by atoms with Gasteiger partial charge in [0.2, 0.25) is 5.95 Å².